The van der Waals surface area contributed by atoms with E-state index in [1.165, 1.54) is 36.9 Å². The number of thiophene rings is 2. The predicted octanol–water partition coefficient (Wildman–Crippen LogP) is 2.33. The number of nitrogen functional groups attached to an aromatic ring is 2. The Kier molecular flexibility index (Phi) is 5.04. The monoisotopic (exact) mass is 340 g/mol. The van der Waals surface area contributed by atoms with Crippen LogP contribution >= 0.6 is 22.7 Å². The molecule has 0 aliphatic rings. The number of hydrogen-bond donors (Lipinski definition) is 2. The molecule has 0 unspecified atom stereocenters. The van der Waals surface area contributed by atoms with E-state index in [2.05, 4.69) is 9.47 Å². The van der Waals surface area contributed by atoms with E-state index in [4.69, 9.17) is 11.5 Å². The van der Waals surface area contributed by atoms with Crippen molar-refractivity contribution in [3.8, 4) is 0 Å². The van der Waals surface area contributed by atoms with E-state index in [1.54, 1.807) is 12.1 Å². The lowest BCUT2D eigenvalue weighted by molar-refractivity contribution is 0.0593. The van der Waals surface area contributed by atoms with E-state index in [9.17, 15) is 9.59 Å². The van der Waals surface area contributed by atoms with Crippen molar-refractivity contribution in [2.24, 2.45) is 0 Å². The van der Waals surface area contributed by atoms with Gasteiger partial charge in [-0.25, -0.2) is 9.59 Å². The fourth-order valence-electron chi connectivity index (χ4n) is 1.95. The summed E-state index contributed by atoms with van der Waals surface area (Å²) in [7, 11) is 2.64. The quantitative estimate of drug-likeness (QED) is 0.810. The van der Waals surface area contributed by atoms with Crippen LogP contribution in [0, 0.1) is 0 Å². The lowest BCUT2D eigenvalue weighted by Crippen LogP contribution is -2.02. The van der Waals surface area contributed by atoms with Crippen molar-refractivity contribution in [3.05, 3.63) is 33.0 Å². The fourth-order valence-corrected chi connectivity index (χ4v) is 3.78. The van der Waals surface area contributed by atoms with Gasteiger partial charge in [0.1, 0.15) is 10.0 Å². The Morgan fingerprint density at radius 1 is 0.909 bits per heavy atom. The van der Waals surface area contributed by atoms with Gasteiger partial charge in [0.2, 0.25) is 0 Å². The van der Waals surface area contributed by atoms with E-state index in [0.717, 1.165) is 9.75 Å². The van der Waals surface area contributed by atoms with Gasteiger partial charge in [-0.2, -0.15) is 0 Å². The van der Waals surface area contributed by atoms with Crippen LogP contribution < -0.4 is 11.5 Å². The van der Waals surface area contributed by atoms with Gasteiger partial charge in [0.05, 0.1) is 25.3 Å². The van der Waals surface area contributed by atoms with Gasteiger partial charge < -0.3 is 20.9 Å². The van der Waals surface area contributed by atoms with Crippen molar-refractivity contribution < 1.29 is 19.1 Å². The lowest BCUT2D eigenvalue weighted by Gasteiger charge is -1.95. The molecular weight excluding hydrogens is 324 g/mol. The van der Waals surface area contributed by atoms with Crippen molar-refractivity contribution in [1.29, 1.82) is 0 Å². The number of hydrogen-bond acceptors (Lipinski definition) is 8. The molecule has 2 rings (SSSR count). The van der Waals surface area contributed by atoms with Gasteiger partial charge in [-0.15, -0.1) is 22.7 Å². The molecule has 0 aliphatic heterocycles. The number of methoxy groups -OCH3 is 2. The summed E-state index contributed by atoms with van der Waals surface area (Å²) in [6, 6.07) is 3.48. The summed E-state index contributed by atoms with van der Waals surface area (Å²) >= 11 is 2.72. The zero-order chi connectivity index (χ0) is 16.3. The normalized spacial score (nSPS) is 10.5. The standard InChI is InChI=1S/C14H16N2O4S2/c1-19-13(17)9-5-7(21-11(9)15)3-4-8-6-10(12(16)22-8)14(18)20-2/h5-6H,3-4,15-16H2,1-2H3. The number of aryl methyl sites for hydroxylation is 2. The Bertz CT molecular complexity index is 646. The molecule has 118 valence electrons. The first kappa shape index (κ1) is 16.3. The molecule has 0 bridgehead atoms. The molecule has 22 heavy (non-hydrogen) atoms. The van der Waals surface area contributed by atoms with Crippen LogP contribution in [-0.4, -0.2) is 26.2 Å². The molecule has 8 heteroatoms. The van der Waals surface area contributed by atoms with E-state index < -0.39 is 11.9 Å². The van der Waals surface area contributed by atoms with Crippen LogP contribution in [0.25, 0.3) is 0 Å². The number of nitrogens with two attached hydrogens (primary N) is 2. The summed E-state index contributed by atoms with van der Waals surface area (Å²) in [6.07, 6.45) is 1.40. The van der Waals surface area contributed by atoms with Crippen molar-refractivity contribution in [2.45, 2.75) is 12.8 Å². The van der Waals surface area contributed by atoms with Crippen molar-refractivity contribution >= 4 is 44.6 Å². The zero-order valence-corrected chi connectivity index (χ0v) is 13.8. The Balaban J connectivity index is 2.08. The van der Waals surface area contributed by atoms with Crippen LogP contribution in [-0.2, 0) is 22.3 Å². The molecule has 0 spiro atoms. The summed E-state index contributed by atoms with van der Waals surface area (Å²) in [6.45, 7) is 0. The number of rotatable bonds is 5. The van der Waals surface area contributed by atoms with Crippen LogP contribution in [0.15, 0.2) is 12.1 Å². The van der Waals surface area contributed by atoms with Crippen molar-refractivity contribution in [3.63, 3.8) is 0 Å². The number of carbonyl (C=O) groups is 2. The largest absolute Gasteiger partial charge is 0.465 e. The molecule has 0 aromatic carbocycles. The minimum atomic E-state index is -0.437. The van der Waals surface area contributed by atoms with Crippen molar-refractivity contribution in [2.75, 3.05) is 25.7 Å². The molecule has 0 fully saturated rings. The maximum atomic E-state index is 11.5. The molecule has 4 N–H and O–H groups in total. The highest BCUT2D eigenvalue weighted by Gasteiger charge is 2.16. The minimum absolute atomic E-state index is 0.392. The summed E-state index contributed by atoms with van der Waals surface area (Å²) < 4.78 is 9.35. The summed E-state index contributed by atoms with van der Waals surface area (Å²) in [5.41, 5.74) is 12.4. The zero-order valence-electron chi connectivity index (χ0n) is 12.2. The van der Waals surface area contributed by atoms with E-state index in [0.29, 0.717) is 34.0 Å². The van der Waals surface area contributed by atoms with Crippen LogP contribution in [0.3, 0.4) is 0 Å². The van der Waals surface area contributed by atoms with E-state index in [1.807, 2.05) is 0 Å². The first-order valence-electron chi connectivity index (χ1n) is 6.39. The number of ether oxygens (including phenoxy) is 2. The second kappa shape index (κ2) is 6.80. The molecule has 6 nitrogen and oxygen atoms in total. The number of esters is 2. The molecule has 0 aliphatic carbocycles. The Morgan fingerprint density at radius 2 is 1.27 bits per heavy atom. The van der Waals surface area contributed by atoms with Gasteiger partial charge in [0.25, 0.3) is 0 Å². The Hall–Kier alpha value is -2.06. The average molecular weight is 340 g/mol. The molecule has 0 atom stereocenters. The predicted molar refractivity (Wildman–Crippen MR) is 87.5 cm³/mol. The lowest BCUT2D eigenvalue weighted by atomic mass is 10.2. The highest BCUT2D eigenvalue weighted by Crippen LogP contribution is 2.30. The number of carbonyl (C=O) groups excluding carboxylic acids is 2. The Labute approximate surface area is 135 Å². The van der Waals surface area contributed by atoms with Gasteiger partial charge in [-0.05, 0) is 25.0 Å². The molecule has 0 saturated heterocycles. The van der Waals surface area contributed by atoms with Gasteiger partial charge in [0, 0.05) is 9.75 Å². The van der Waals surface area contributed by atoms with Crippen molar-refractivity contribution in [1.82, 2.24) is 0 Å². The summed E-state index contributed by atoms with van der Waals surface area (Å²) in [5, 5.41) is 0.894. The SMILES string of the molecule is COC(=O)c1cc(CCc2cc(C(=O)OC)c(N)s2)sc1N. The van der Waals surface area contributed by atoms with Gasteiger partial charge in [-0.3, -0.25) is 0 Å². The van der Waals surface area contributed by atoms with Gasteiger partial charge >= 0.3 is 11.9 Å². The van der Waals surface area contributed by atoms with E-state index >= 15 is 0 Å². The molecule has 0 amide bonds. The summed E-state index contributed by atoms with van der Waals surface area (Å²) in [5.74, 6) is -0.873. The van der Waals surface area contributed by atoms with Gasteiger partial charge in [-0.1, -0.05) is 0 Å². The maximum absolute atomic E-state index is 11.5. The fraction of sp³-hybridized carbons (Fsp3) is 0.286. The first-order chi connectivity index (χ1) is 10.5. The maximum Gasteiger partial charge on any atom is 0.340 e. The topological polar surface area (TPSA) is 105 Å². The molecule has 0 saturated carbocycles. The smallest absolute Gasteiger partial charge is 0.340 e. The third-order valence-electron chi connectivity index (χ3n) is 3.05. The third-order valence-corrected chi connectivity index (χ3v) is 5.10. The molecule has 2 heterocycles. The van der Waals surface area contributed by atoms with Crippen LogP contribution in [0.4, 0.5) is 10.0 Å². The van der Waals surface area contributed by atoms with Crippen LogP contribution in [0.5, 0.6) is 0 Å². The Morgan fingerprint density at radius 3 is 1.59 bits per heavy atom. The second-order valence-electron chi connectivity index (χ2n) is 4.46. The molecule has 2 aromatic rings. The molecular formula is C14H16N2O4S2. The first-order valence-corrected chi connectivity index (χ1v) is 8.02. The van der Waals surface area contributed by atoms with Crippen LogP contribution in [0.2, 0.25) is 0 Å². The van der Waals surface area contributed by atoms with Gasteiger partial charge in [0.15, 0.2) is 0 Å². The second-order valence-corrected chi connectivity index (χ2v) is 6.80. The minimum Gasteiger partial charge on any atom is -0.465 e. The molecule has 2 aromatic heterocycles. The average Bonchev–Trinajstić information content (AvgIpc) is 3.06. The third kappa shape index (κ3) is 3.40. The number of anilines is 2. The van der Waals surface area contributed by atoms with E-state index in [-0.39, 0.29) is 0 Å². The molecule has 0 radical (unpaired) electrons. The highest BCUT2D eigenvalue weighted by molar-refractivity contribution is 7.16. The van der Waals surface area contributed by atoms with Crippen LogP contribution in [0.1, 0.15) is 30.5 Å². The summed E-state index contributed by atoms with van der Waals surface area (Å²) in [4.78, 5) is 25.0. The highest BCUT2D eigenvalue weighted by atomic mass is 32.1.